The van der Waals surface area contributed by atoms with Gasteiger partial charge in [0.2, 0.25) is 0 Å². The number of carbonyl (C=O) groups excluding carboxylic acids is 2. The van der Waals surface area contributed by atoms with Gasteiger partial charge in [0.05, 0.1) is 17.5 Å². The number of Topliss-reactive ketones (excluding diaryl/α,β-unsaturated/α-hetero) is 1. The maximum Gasteiger partial charge on any atom is 0.256 e. The van der Waals surface area contributed by atoms with Gasteiger partial charge in [-0.3, -0.25) is 14.6 Å². The second-order valence-electron chi connectivity index (χ2n) is 5.07. The van der Waals surface area contributed by atoms with Gasteiger partial charge in [-0.1, -0.05) is 30.3 Å². The number of nitrogens with zero attached hydrogens (tertiary/aromatic N) is 1. The van der Waals surface area contributed by atoms with E-state index in [0.29, 0.717) is 6.54 Å². The molecule has 1 heterocycles. The second kappa shape index (κ2) is 6.35. The molecule has 2 atom stereocenters. The Morgan fingerprint density at radius 2 is 1.95 bits per heavy atom. The van der Waals surface area contributed by atoms with Gasteiger partial charge < -0.3 is 10.4 Å². The Morgan fingerprint density at radius 3 is 2.57 bits per heavy atom. The van der Waals surface area contributed by atoms with Gasteiger partial charge in [0.1, 0.15) is 11.5 Å². The number of hydrogen-bond donors (Lipinski definition) is 2. The van der Waals surface area contributed by atoms with E-state index in [0.717, 1.165) is 5.56 Å². The molecule has 0 aromatic heterocycles. The van der Waals surface area contributed by atoms with Gasteiger partial charge >= 0.3 is 0 Å². The van der Waals surface area contributed by atoms with Crippen LogP contribution in [0.2, 0.25) is 0 Å². The summed E-state index contributed by atoms with van der Waals surface area (Å²) < 4.78 is 0. The van der Waals surface area contributed by atoms with Crippen LogP contribution in [0.3, 0.4) is 0 Å². The van der Waals surface area contributed by atoms with Crippen molar-refractivity contribution in [1.82, 2.24) is 5.32 Å². The van der Waals surface area contributed by atoms with Crippen LogP contribution in [0, 0.1) is 5.92 Å². The monoisotopic (exact) mass is 286 g/mol. The first-order valence-corrected chi connectivity index (χ1v) is 6.79. The summed E-state index contributed by atoms with van der Waals surface area (Å²) in [5.74, 6) is -1.58. The highest BCUT2D eigenvalue weighted by molar-refractivity contribution is 6.13. The third-order valence-corrected chi connectivity index (χ3v) is 3.47. The molecule has 0 radical (unpaired) electrons. The van der Waals surface area contributed by atoms with Crippen LogP contribution in [-0.2, 0) is 16.1 Å². The van der Waals surface area contributed by atoms with E-state index in [4.69, 9.17) is 0 Å². The highest BCUT2D eigenvalue weighted by atomic mass is 16.3. The zero-order valence-corrected chi connectivity index (χ0v) is 12.0. The quantitative estimate of drug-likeness (QED) is 0.885. The summed E-state index contributed by atoms with van der Waals surface area (Å²) in [7, 11) is 0. The van der Waals surface area contributed by atoms with E-state index >= 15 is 0 Å². The van der Waals surface area contributed by atoms with E-state index in [9.17, 15) is 14.7 Å². The van der Waals surface area contributed by atoms with E-state index < -0.39 is 11.8 Å². The minimum atomic E-state index is -0.743. The SMILES string of the molecule is CC(=O)C1C(O)=C(C(=O)NCc2ccccc2)C=NC1C. The minimum absolute atomic E-state index is 0.0595. The second-order valence-corrected chi connectivity index (χ2v) is 5.07. The first-order valence-electron chi connectivity index (χ1n) is 6.79. The molecular weight excluding hydrogens is 268 g/mol. The van der Waals surface area contributed by atoms with Gasteiger partial charge in [0.25, 0.3) is 5.91 Å². The number of amides is 1. The molecule has 0 aliphatic carbocycles. The van der Waals surface area contributed by atoms with Gasteiger partial charge in [-0.25, -0.2) is 0 Å². The van der Waals surface area contributed by atoms with Crippen LogP contribution in [0.15, 0.2) is 46.7 Å². The topological polar surface area (TPSA) is 78.8 Å². The van der Waals surface area contributed by atoms with Crippen LogP contribution in [0.1, 0.15) is 19.4 Å². The molecule has 0 spiro atoms. The summed E-state index contributed by atoms with van der Waals surface area (Å²) in [6, 6.07) is 9.09. The third kappa shape index (κ3) is 3.37. The van der Waals surface area contributed by atoms with Crippen LogP contribution in [-0.4, -0.2) is 29.1 Å². The number of aliphatic imine (C=N–C) groups is 1. The van der Waals surface area contributed by atoms with E-state index in [1.165, 1.54) is 13.1 Å². The molecule has 0 saturated heterocycles. The number of ketones is 1. The molecule has 5 nitrogen and oxygen atoms in total. The molecule has 5 heteroatoms. The summed E-state index contributed by atoms with van der Waals surface area (Å²) in [6.07, 6.45) is 1.33. The fraction of sp³-hybridized carbons (Fsp3) is 0.312. The summed E-state index contributed by atoms with van der Waals surface area (Å²) in [5, 5.41) is 12.9. The van der Waals surface area contributed by atoms with Gasteiger partial charge in [0.15, 0.2) is 0 Å². The Morgan fingerprint density at radius 1 is 1.29 bits per heavy atom. The molecule has 2 N–H and O–H groups in total. The van der Waals surface area contributed by atoms with Gasteiger partial charge in [-0.2, -0.15) is 0 Å². The Balaban J connectivity index is 2.11. The zero-order valence-electron chi connectivity index (χ0n) is 12.0. The minimum Gasteiger partial charge on any atom is -0.511 e. The largest absolute Gasteiger partial charge is 0.511 e. The van der Waals surface area contributed by atoms with Crippen molar-refractivity contribution in [2.75, 3.05) is 0 Å². The molecular formula is C16H18N2O3. The van der Waals surface area contributed by atoms with Crippen molar-refractivity contribution in [1.29, 1.82) is 0 Å². The first-order chi connectivity index (χ1) is 10.0. The van der Waals surface area contributed by atoms with Crippen LogP contribution in [0.4, 0.5) is 0 Å². The average molecular weight is 286 g/mol. The smallest absolute Gasteiger partial charge is 0.256 e. The van der Waals surface area contributed by atoms with Crippen molar-refractivity contribution in [3.8, 4) is 0 Å². The molecule has 2 unspecified atom stereocenters. The number of aliphatic hydroxyl groups excluding tert-OH is 1. The first kappa shape index (κ1) is 15.0. The number of nitrogens with one attached hydrogen (secondary N) is 1. The third-order valence-electron chi connectivity index (χ3n) is 3.47. The van der Waals surface area contributed by atoms with Gasteiger partial charge in [-0.05, 0) is 19.4 Å². The predicted octanol–water partition coefficient (Wildman–Crippen LogP) is 1.79. The molecule has 0 bridgehead atoms. The molecule has 21 heavy (non-hydrogen) atoms. The fourth-order valence-electron chi connectivity index (χ4n) is 2.32. The maximum atomic E-state index is 12.1. The highest BCUT2D eigenvalue weighted by Crippen LogP contribution is 2.23. The molecule has 110 valence electrons. The van der Waals surface area contributed by atoms with Crippen molar-refractivity contribution < 1.29 is 14.7 Å². The van der Waals surface area contributed by atoms with Crippen molar-refractivity contribution in [3.63, 3.8) is 0 Å². The van der Waals surface area contributed by atoms with Gasteiger partial charge in [0, 0.05) is 12.8 Å². The molecule has 1 aliphatic heterocycles. The fourth-order valence-corrected chi connectivity index (χ4v) is 2.32. The molecule has 1 aromatic rings. The van der Waals surface area contributed by atoms with Crippen molar-refractivity contribution in [2.24, 2.45) is 10.9 Å². The lowest BCUT2D eigenvalue weighted by atomic mass is 9.90. The maximum absolute atomic E-state index is 12.1. The summed E-state index contributed by atoms with van der Waals surface area (Å²) >= 11 is 0. The molecule has 0 fully saturated rings. The number of hydrogen-bond acceptors (Lipinski definition) is 4. The molecule has 1 aliphatic rings. The Labute approximate surface area is 123 Å². The van der Waals surface area contributed by atoms with Crippen LogP contribution >= 0.6 is 0 Å². The Hall–Kier alpha value is -2.43. The molecule has 0 saturated carbocycles. The van der Waals surface area contributed by atoms with Gasteiger partial charge in [-0.15, -0.1) is 0 Å². The molecule has 1 aromatic carbocycles. The summed E-state index contributed by atoms with van der Waals surface area (Å²) in [4.78, 5) is 27.8. The molecule has 2 rings (SSSR count). The summed E-state index contributed by atoms with van der Waals surface area (Å²) in [6.45, 7) is 3.47. The summed E-state index contributed by atoms with van der Waals surface area (Å²) in [5.41, 5.74) is 1.01. The lowest BCUT2D eigenvalue weighted by molar-refractivity contribution is -0.121. The number of benzene rings is 1. The highest BCUT2D eigenvalue weighted by Gasteiger charge is 2.32. The normalized spacial score (nSPS) is 21.2. The van der Waals surface area contributed by atoms with E-state index in [2.05, 4.69) is 10.3 Å². The average Bonchev–Trinajstić information content (AvgIpc) is 2.45. The number of aliphatic hydroxyl groups is 1. The molecule has 1 amide bonds. The number of rotatable bonds is 4. The Kier molecular flexibility index (Phi) is 4.52. The van der Waals surface area contributed by atoms with Crippen LogP contribution in [0.25, 0.3) is 0 Å². The van der Waals surface area contributed by atoms with E-state index in [1.807, 2.05) is 30.3 Å². The Bertz CT molecular complexity index is 605. The number of dihydropyridines is 1. The number of carbonyl (C=O) groups is 2. The van der Waals surface area contributed by atoms with Crippen LogP contribution < -0.4 is 5.32 Å². The van der Waals surface area contributed by atoms with E-state index in [1.54, 1.807) is 6.92 Å². The lowest BCUT2D eigenvalue weighted by Crippen LogP contribution is -2.34. The lowest BCUT2D eigenvalue weighted by Gasteiger charge is -2.23. The van der Waals surface area contributed by atoms with Crippen molar-refractivity contribution >= 4 is 17.9 Å². The van der Waals surface area contributed by atoms with Crippen LogP contribution in [0.5, 0.6) is 0 Å². The van der Waals surface area contributed by atoms with E-state index in [-0.39, 0.29) is 23.2 Å². The zero-order chi connectivity index (χ0) is 15.4. The standard InChI is InChI=1S/C16H18N2O3/c1-10-14(11(2)19)15(20)13(9-17-10)16(21)18-8-12-6-4-3-5-7-12/h3-7,9-10,14,20H,8H2,1-2H3,(H,18,21). The predicted molar refractivity (Wildman–Crippen MR) is 80.1 cm³/mol. The van der Waals surface area contributed by atoms with Crippen molar-refractivity contribution in [2.45, 2.75) is 26.4 Å². The van der Waals surface area contributed by atoms with Crippen molar-refractivity contribution in [3.05, 3.63) is 47.2 Å².